The molecule has 0 radical (unpaired) electrons. The molecule has 13 heteroatoms. The highest BCUT2D eigenvalue weighted by atomic mass is 79.9. The summed E-state index contributed by atoms with van der Waals surface area (Å²) in [6.07, 6.45) is -0.394. The van der Waals surface area contributed by atoms with Gasteiger partial charge in [-0.15, -0.1) is 11.8 Å². The lowest BCUT2D eigenvalue weighted by Gasteiger charge is -2.25. The van der Waals surface area contributed by atoms with Crippen LogP contribution in [0.15, 0.2) is 34.8 Å². The number of rotatable bonds is 11. The molecular formula is C26H30BrF3N4O4S. The van der Waals surface area contributed by atoms with Crippen molar-refractivity contribution in [2.75, 3.05) is 17.6 Å². The summed E-state index contributed by atoms with van der Waals surface area (Å²) < 4.78 is 41.4. The van der Waals surface area contributed by atoms with Gasteiger partial charge in [0.1, 0.15) is 11.9 Å². The predicted molar refractivity (Wildman–Crippen MR) is 146 cm³/mol. The third-order valence-corrected chi connectivity index (χ3v) is 7.91. The quantitative estimate of drug-likeness (QED) is 0.278. The van der Waals surface area contributed by atoms with Crippen molar-refractivity contribution in [2.24, 2.45) is 11.7 Å². The summed E-state index contributed by atoms with van der Waals surface area (Å²) in [5, 5.41) is 14.6. The van der Waals surface area contributed by atoms with E-state index in [0.29, 0.717) is 29.6 Å². The Morgan fingerprint density at radius 2 is 1.82 bits per heavy atom. The highest BCUT2D eigenvalue weighted by molar-refractivity contribution is 9.10. The molecule has 5 N–H and O–H groups in total. The van der Waals surface area contributed by atoms with Gasteiger partial charge in [0.2, 0.25) is 5.91 Å². The molecule has 1 heterocycles. The molecular weight excluding hydrogens is 601 g/mol. The number of anilines is 1. The average Bonchev–Trinajstić information content (AvgIpc) is 3.35. The highest BCUT2D eigenvalue weighted by Gasteiger charge is 2.35. The predicted octanol–water partition coefficient (Wildman–Crippen LogP) is 3.87. The maximum Gasteiger partial charge on any atom is 0.326 e. The zero-order valence-electron chi connectivity index (χ0n) is 21.3. The largest absolute Gasteiger partial charge is 0.480 e. The minimum Gasteiger partial charge on any atom is -0.480 e. The number of nitrogens with zero attached hydrogens (tertiary/aromatic N) is 1. The number of nitrogens with two attached hydrogens (primary N) is 1. The van der Waals surface area contributed by atoms with E-state index < -0.39 is 52.7 Å². The van der Waals surface area contributed by atoms with Crippen LogP contribution in [-0.4, -0.2) is 57.5 Å². The monoisotopic (exact) mass is 630 g/mol. The lowest BCUT2D eigenvalue weighted by molar-refractivity contribution is -0.138. The van der Waals surface area contributed by atoms with Crippen LogP contribution in [0.5, 0.6) is 0 Å². The van der Waals surface area contributed by atoms with Crippen LogP contribution in [0.3, 0.4) is 0 Å². The van der Waals surface area contributed by atoms with E-state index in [-0.39, 0.29) is 30.9 Å². The Balaban J connectivity index is 1.62. The smallest absolute Gasteiger partial charge is 0.326 e. The zero-order chi connectivity index (χ0) is 28.9. The van der Waals surface area contributed by atoms with Crippen molar-refractivity contribution < 1.29 is 32.7 Å². The Labute approximate surface area is 237 Å². The summed E-state index contributed by atoms with van der Waals surface area (Å²) in [4.78, 5) is 39.0. The zero-order valence-corrected chi connectivity index (χ0v) is 23.8. The fraction of sp³-hybridized carbons (Fsp3) is 0.423. The van der Waals surface area contributed by atoms with Crippen molar-refractivity contribution in [1.29, 1.82) is 0 Å². The minimum absolute atomic E-state index is 0.0902. The van der Waals surface area contributed by atoms with Gasteiger partial charge in [-0.2, -0.15) is 0 Å². The molecule has 2 aromatic carbocycles. The van der Waals surface area contributed by atoms with Crippen LogP contribution in [0.2, 0.25) is 0 Å². The molecule has 212 valence electrons. The molecule has 1 saturated heterocycles. The molecule has 0 spiro atoms. The molecule has 0 saturated carbocycles. The minimum atomic E-state index is -1.31. The van der Waals surface area contributed by atoms with Gasteiger partial charge in [0.15, 0.2) is 17.0 Å². The molecule has 1 aliphatic rings. The van der Waals surface area contributed by atoms with Crippen LogP contribution in [-0.2, 0) is 27.3 Å². The molecule has 1 aliphatic heterocycles. The van der Waals surface area contributed by atoms with Gasteiger partial charge in [0.25, 0.3) is 5.91 Å². The van der Waals surface area contributed by atoms with Crippen molar-refractivity contribution in [3.8, 4) is 0 Å². The Morgan fingerprint density at radius 1 is 1.13 bits per heavy atom. The number of carbonyl (C=O) groups is 3. The number of aliphatic carboxylic acids is 1. The van der Waals surface area contributed by atoms with Crippen LogP contribution in [0.4, 0.5) is 18.9 Å². The van der Waals surface area contributed by atoms with Gasteiger partial charge in [-0.1, -0.05) is 35.8 Å². The normalized spacial score (nSPS) is 16.7. The van der Waals surface area contributed by atoms with Crippen LogP contribution in [0.1, 0.15) is 31.4 Å². The maximum absolute atomic E-state index is 14.0. The lowest BCUT2D eigenvalue weighted by atomic mass is 10.0. The van der Waals surface area contributed by atoms with Gasteiger partial charge in [-0.25, -0.2) is 18.0 Å². The second kappa shape index (κ2) is 13.5. The molecule has 39 heavy (non-hydrogen) atoms. The van der Waals surface area contributed by atoms with E-state index in [1.54, 1.807) is 32.0 Å². The number of halogens is 4. The van der Waals surface area contributed by atoms with Gasteiger partial charge in [-0.05, 0) is 41.7 Å². The number of thioether (sulfide) groups is 1. The SMILES string of the molecule is CC(C)C(Nc1cc(Br)ccc1CNC(=O)C1SCCN1C(=O)CC(N)Cc1cc(F)c(F)cc1F)C(=O)O. The molecule has 3 unspecified atom stereocenters. The number of hydrogen-bond donors (Lipinski definition) is 4. The van der Waals surface area contributed by atoms with Crippen molar-refractivity contribution in [3.05, 3.63) is 63.4 Å². The molecule has 3 atom stereocenters. The van der Waals surface area contributed by atoms with E-state index in [9.17, 15) is 32.7 Å². The first-order valence-corrected chi connectivity index (χ1v) is 14.1. The first kappa shape index (κ1) is 30.8. The number of amides is 2. The van der Waals surface area contributed by atoms with Crippen LogP contribution < -0.4 is 16.4 Å². The van der Waals surface area contributed by atoms with Crippen LogP contribution in [0, 0.1) is 23.4 Å². The Hall–Kier alpha value is -2.77. The Bertz CT molecular complexity index is 1240. The van der Waals surface area contributed by atoms with E-state index in [1.165, 1.54) is 16.7 Å². The van der Waals surface area contributed by atoms with E-state index in [1.807, 2.05) is 0 Å². The number of carbonyl (C=O) groups excluding carboxylic acids is 2. The molecule has 1 fully saturated rings. The third-order valence-electron chi connectivity index (χ3n) is 6.21. The summed E-state index contributed by atoms with van der Waals surface area (Å²) in [6, 6.07) is 4.72. The maximum atomic E-state index is 14.0. The number of carboxylic acids is 1. The lowest BCUT2D eigenvalue weighted by Crippen LogP contribution is -2.46. The average molecular weight is 632 g/mol. The van der Waals surface area contributed by atoms with E-state index in [0.717, 1.165) is 10.5 Å². The van der Waals surface area contributed by atoms with Gasteiger partial charge < -0.3 is 26.4 Å². The summed E-state index contributed by atoms with van der Waals surface area (Å²) >= 11 is 4.66. The topological polar surface area (TPSA) is 125 Å². The second-order valence-corrected chi connectivity index (χ2v) is 11.7. The summed E-state index contributed by atoms with van der Waals surface area (Å²) in [5.74, 6) is -4.94. The summed E-state index contributed by atoms with van der Waals surface area (Å²) in [6.45, 7) is 3.98. The van der Waals surface area contributed by atoms with Gasteiger partial charge in [-0.3, -0.25) is 9.59 Å². The van der Waals surface area contributed by atoms with Crippen molar-refractivity contribution in [1.82, 2.24) is 10.2 Å². The number of hydrogen-bond acceptors (Lipinski definition) is 6. The second-order valence-electron chi connectivity index (χ2n) is 9.56. The van der Waals surface area contributed by atoms with Crippen molar-refractivity contribution in [3.63, 3.8) is 0 Å². The fourth-order valence-electron chi connectivity index (χ4n) is 4.15. The molecule has 0 aromatic heterocycles. The standard InChI is InChI=1S/C26H30BrF3N4O4S/c1-13(2)23(26(37)38)33-21-9-16(27)4-3-14(21)12-32-24(36)25-34(5-6-39-25)22(35)10-17(31)7-15-8-19(29)20(30)11-18(15)28/h3-4,8-9,11,13,17,23,25,33H,5-7,10,12,31H2,1-2H3,(H,32,36)(H,37,38). The number of carboxylic acid groups (broad SMARTS) is 1. The van der Waals surface area contributed by atoms with E-state index >= 15 is 0 Å². The molecule has 2 amide bonds. The highest BCUT2D eigenvalue weighted by Crippen LogP contribution is 2.27. The fourth-order valence-corrected chi connectivity index (χ4v) is 5.67. The molecule has 3 rings (SSSR count). The summed E-state index contributed by atoms with van der Waals surface area (Å²) in [7, 11) is 0. The molecule has 0 aliphatic carbocycles. The molecule has 2 aromatic rings. The number of nitrogens with one attached hydrogen (secondary N) is 2. The first-order chi connectivity index (χ1) is 18.4. The van der Waals surface area contributed by atoms with Gasteiger partial charge >= 0.3 is 5.97 Å². The summed E-state index contributed by atoms with van der Waals surface area (Å²) in [5.41, 5.74) is 7.08. The molecule has 8 nitrogen and oxygen atoms in total. The molecule has 0 bridgehead atoms. The van der Waals surface area contributed by atoms with Crippen LogP contribution >= 0.6 is 27.7 Å². The van der Waals surface area contributed by atoms with E-state index in [4.69, 9.17) is 5.73 Å². The van der Waals surface area contributed by atoms with Crippen molar-refractivity contribution in [2.45, 2.75) is 50.7 Å². The van der Waals surface area contributed by atoms with E-state index in [2.05, 4.69) is 26.6 Å². The first-order valence-electron chi connectivity index (χ1n) is 12.2. The third kappa shape index (κ3) is 8.12. The number of benzene rings is 2. The van der Waals surface area contributed by atoms with Crippen LogP contribution in [0.25, 0.3) is 0 Å². The van der Waals surface area contributed by atoms with Crippen molar-refractivity contribution >= 4 is 51.2 Å². The Morgan fingerprint density at radius 3 is 2.49 bits per heavy atom. The van der Waals surface area contributed by atoms with Gasteiger partial charge in [0.05, 0.1) is 0 Å². The van der Waals surface area contributed by atoms with Gasteiger partial charge in [0, 0.05) is 47.5 Å². The Kier molecular flexibility index (Phi) is 10.7.